The van der Waals surface area contributed by atoms with Crippen molar-refractivity contribution in [3.05, 3.63) is 59.7 Å². The second-order valence-corrected chi connectivity index (χ2v) is 9.96. The summed E-state index contributed by atoms with van der Waals surface area (Å²) in [5, 5.41) is 11.4. The number of nitriles is 1. The van der Waals surface area contributed by atoms with Crippen molar-refractivity contribution in [2.45, 2.75) is 37.7 Å². The van der Waals surface area contributed by atoms with Gasteiger partial charge < -0.3 is 10.1 Å². The molecule has 0 radical (unpaired) electrons. The lowest BCUT2D eigenvalue weighted by molar-refractivity contribution is -0.158. The second-order valence-electron chi connectivity index (χ2n) is 8.02. The van der Waals surface area contributed by atoms with Gasteiger partial charge in [-0.1, -0.05) is 12.1 Å². The molecule has 0 aliphatic carbocycles. The van der Waals surface area contributed by atoms with Gasteiger partial charge in [-0.15, -0.1) is 0 Å². The van der Waals surface area contributed by atoms with E-state index in [0.717, 1.165) is 0 Å². The zero-order valence-electron chi connectivity index (χ0n) is 18.9. The molecule has 2 aromatic rings. The lowest BCUT2D eigenvalue weighted by atomic mass is 9.98. The van der Waals surface area contributed by atoms with Crippen molar-refractivity contribution in [2.75, 3.05) is 18.4 Å². The first-order valence-electron chi connectivity index (χ1n) is 10.7. The van der Waals surface area contributed by atoms with Crippen LogP contribution in [0, 0.1) is 17.2 Å². The van der Waals surface area contributed by atoms with Crippen molar-refractivity contribution < 1.29 is 27.5 Å². The van der Waals surface area contributed by atoms with Crippen LogP contribution in [0.1, 0.15) is 42.6 Å². The van der Waals surface area contributed by atoms with Crippen LogP contribution in [0.5, 0.6) is 0 Å². The summed E-state index contributed by atoms with van der Waals surface area (Å²) >= 11 is 0. The minimum atomic E-state index is -3.80. The maximum absolute atomic E-state index is 12.9. The zero-order chi connectivity index (χ0) is 24.9. The first-order valence-corrected chi connectivity index (χ1v) is 12.2. The van der Waals surface area contributed by atoms with Crippen LogP contribution in [0.4, 0.5) is 5.69 Å². The maximum Gasteiger partial charge on any atom is 0.309 e. The number of benzene rings is 2. The van der Waals surface area contributed by atoms with Crippen LogP contribution in [-0.2, 0) is 24.3 Å². The maximum atomic E-state index is 12.9. The molecule has 1 fully saturated rings. The first kappa shape index (κ1) is 25.1. The van der Waals surface area contributed by atoms with Crippen molar-refractivity contribution in [3.8, 4) is 6.07 Å². The zero-order valence-corrected chi connectivity index (χ0v) is 19.7. The van der Waals surface area contributed by atoms with Crippen LogP contribution in [0.25, 0.3) is 0 Å². The molecule has 178 valence electrons. The number of nitrogens with zero attached hydrogens (tertiary/aromatic N) is 2. The quantitative estimate of drug-likeness (QED) is 0.473. The van der Waals surface area contributed by atoms with Crippen LogP contribution in [0.3, 0.4) is 0 Å². The van der Waals surface area contributed by atoms with E-state index in [1.165, 1.54) is 36.4 Å². The molecule has 1 saturated heterocycles. The van der Waals surface area contributed by atoms with E-state index in [-0.39, 0.29) is 36.6 Å². The third-order valence-electron chi connectivity index (χ3n) is 5.61. The molecular weight excluding hydrogens is 458 g/mol. The number of esters is 1. The molecule has 1 heterocycles. The molecule has 0 aromatic heterocycles. The fourth-order valence-electron chi connectivity index (χ4n) is 3.55. The fourth-order valence-corrected chi connectivity index (χ4v) is 5.07. The molecule has 0 spiro atoms. The number of nitrogens with one attached hydrogen (secondary N) is 1. The van der Waals surface area contributed by atoms with E-state index >= 15 is 0 Å². The Bertz CT molecular complexity index is 1230. The standard InChI is InChI=1S/C24H25N3O6S/c1-16(28)20-4-3-5-22(14-20)34(31,32)27-12-10-19(11-13-27)24(30)33-17(2)23(29)26-21-8-6-18(15-25)7-9-21/h3-9,14,17,19H,10-13H2,1-2H3,(H,26,29). The van der Waals surface area contributed by atoms with Crippen LogP contribution in [-0.4, -0.2) is 49.6 Å². The highest BCUT2D eigenvalue weighted by Crippen LogP contribution is 2.25. The molecular formula is C24H25N3O6S. The van der Waals surface area contributed by atoms with E-state index in [2.05, 4.69) is 5.32 Å². The van der Waals surface area contributed by atoms with Gasteiger partial charge in [0.15, 0.2) is 11.9 Å². The van der Waals surface area contributed by atoms with Crippen molar-refractivity contribution in [3.63, 3.8) is 0 Å². The van der Waals surface area contributed by atoms with Gasteiger partial charge in [0.05, 0.1) is 22.4 Å². The highest BCUT2D eigenvalue weighted by Gasteiger charge is 2.34. The molecule has 3 rings (SSSR count). The monoisotopic (exact) mass is 483 g/mol. The molecule has 2 aromatic carbocycles. The Morgan fingerprint density at radius 3 is 2.35 bits per heavy atom. The Kier molecular flexibility index (Phi) is 7.81. The number of sulfonamides is 1. The van der Waals surface area contributed by atoms with E-state index in [4.69, 9.17) is 10.00 Å². The molecule has 9 nitrogen and oxygen atoms in total. The third-order valence-corrected chi connectivity index (χ3v) is 7.50. The van der Waals surface area contributed by atoms with E-state index < -0.39 is 33.9 Å². The number of rotatable bonds is 7. The van der Waals surface area contributed by atoms with Crippen molar-refractivity contribution >= 4 is 33.4 Å². The summed E-state index contributed by atoms with van der Waals surface area (Å²) in [5.74, 6) is -1.82. The van der Waals surface area contributed by atoms with Crippen molar-refractivity contribution in [1.82, 2.24) is 4.31 Å². The van der Waals surface area contributed by atoms with Gasteiger partial charge in [0.1, 0.15) is 0 Å². The number of Topliss-reactive ketones (excluding diaryl/α,β-unsaturated/α-hetero) is 1. The topological polar surface area (TPSA) is 134 Å². The summed E-state index contributed by atoms with van der Waals surface area (Å²) in [6, 6.07) is 14.1. The summed E-state index contributed by atoms with van der Waals surface area (Å²) in [6.07, 6.45) is -0.526. The number of ether oxygens (including phenoxy) is 1. The van der Waals surface area contributed by atoms with E-state index in [0.29, 0.717) is 16.8 Å². The SMILES string of the molecule is CC(=O)c1cccc(S(=O)(=O)N2CCC(C(=O)OC(C)C(=O)Nc3ccc(C#N)cc3)CC2)c1. The van der Waals surface area contributed by atoms with Gasteiger partial charge in [-0.3, -0.25) is 14.4 Å². The number of hydrogen-bond donors (Lipinski definition) is 1. The van der Waals surface area contributed by atoms with Crippen LogP contribution in [0.15, 0.2) is 53.4 Å². The number of hydrogen-bond acceptors (Lipinski definition) is 7. The molecule has 0 bridgehead atoms. The molecule has 1 unspecified atom stereocenters. The van der Waals surface area contributed by atoms with Gasteiger partial charge in [0, 0.05) is 24.3 Å². The highest BCUT2D eigenvalue weighted by atomic mass is 32.2. The average molecular weight is 484 g/mol. The Balaban J connectivity index is 1.54. The smallest absolute Gasteiger partial charge is 0.309 e. The van der Waals surface area contributed by atoms with Crippen LogP contribution >= 0.6 is 0 Å². The molecule has 1 atom stereocenters. The minimum Gasteiger partial charge on any atom is -0.452 e. The molecule has 10 heteroatoms. The predicted octanol–water partition coefficient (Wildman–Crippen LogP) is 2.73. The lowest BCUT2D eigenvalue weighted by Crippen LogP contribution is -2.41. The summed E-state index contributed by atoms with van der Waals surface area (Å²) in [6.45, 7) is 3.07. The van der Waals surface area contributed by atoms with Crippen LogP contribution < -0.4 is 5.32 Å². The molecule has 0 saturated carbocycles. The van der Waals surface area contributed by atoms with Gasteiger partial charge in [-0.05, 0) is 63.1 Å². The lowest BCUT2D eigenvalue weighted by Gasteiger charge is -2.30. The van der Waals surface area contributed by atoms with Crippen LogP contribution in [0.2, 0.25) is 0 Å². The molecule has 34 heavy (non-hydrogen) atoms. The van der Waals surface area contributed by atoms with Gasteiger partial charge in [0.25, 0.3) is 5.91 Å². The largest absolute Gasteiger partial charge is 0.452 e. The summed E-state index contributed by atoms with van der Waals surface area (Å²) in [4.78, 5) is 36.5. The first-order chi connectivity index (χ1) is 16.1. The second kappa shape index (κ2) is 10.6. The number of amides is 1. The third kappa shape index (κ3) is 5.87. The fraction of sp³-hybridized carbons (Fsp3) is 0.333. The average Bonchev–Trinajstić information content (AvgIpc) is 2.84. The molecule has 1 aliphatic rings. The number of carbonyl (C=O) groups excluding carboxylic acids is 3. The number of anilines is 1. The van der Waals surface area contributed by atoms with E-state index in [1.807, 2.05) is 6.07 Å². The highest BCUT2D eigenvalue weighted by molar-refractivity contribution is 7.89. The molecule has 1 amide bonds. The molecule has 1 N–H and O–H groups in total. The Morgan fingerprint density at radius 1 is 1.12 bits per heavy atom. The number of carbonyl (C=O) groups is 3. The Hall–Kier alpha value is -3.55. The normalized spacial score (nSPS) is 15.7. The number of ketones is 1. The Morgan fingerprint density at radius 2 is 1.76 bits per heavy atom. The van der Waals surface area contributed by atoms with Gasteiger partial charge in [-0.25, -0.2) is 8.42 Å². The molecule has 1 aliphatic heterocycles. The van der Waals surface area contributed by atoms with Gasteiger partial charge in [-0.2, -0.15) is 9.57 Å². The van der Waals surface area contributed by atoms with Gasteiger partial charge in [0.2, 0.25) is 10.0 Å². The van der Waals surface area contributed by atoms with E-state index in [1.54, 1.807) is 30.3 Å². The van der Waals surface area contributed by atoms with Crippen molar-refractivity contribution in [1.29, 1.82) is 5.26 Å². The summed E-state index contributed by atoms with van der Waals surface area (Å²) in [5.41, 5.74) is 1.24. The van der Waals surface area contributed by atoms with E-state index in [9.17, 15) is 22.8 Å². The number of piperidine rings is 1. The predicted molar refractivity (Wildman–Crippen MR) is 123 cm³/mol. The minimum absolute atomic E-state index is 0.0364. The van der Waals surface area contributed by atoms with Gasteiger partial charge >= 0.3 is 5.97 Å². The summed E-state index contributed by atoms with van der Waals surface area (Å²) < 4.78 is 32.5. The van der Waals surface area contributed by atoms with Crippen molar-refractivity contribution in [2.24, 2.45) is 5.92 Å². The summed E-state index contributed by atoms with van der Waals surface area (Å²) in [7, 11) is -3.80. The Labute approximate surface area is 198 Å².